The fourth-order valence-electron chi connectivity index (χ4n) is 1.75. The predicted molar refractivity (Wildman–Crippen MR) is 84.6 cm³/mol. The fraction of sp³-hybridized carbons (Fsp3) is 0. The zero-order valence-electron chi connectivity index (χ0n) is 10.9. The van der Waals surface area contributed by atoms with Gasteiger partial charge < -0.3 is 0 Å². The summed E-state index contributed by atoms with van der Waals surface area (Å²) in [6.45, 7) is 0. The van der Waals surface area contributed by atoms with Gasteiger partial charge in [0.2, 0.25) is 0 Å². The number of benzene rings is 1. The molecule has 1 N–H and O–H groups in total. The van der Waals surface area contributed by atoms with Gasteiger partial charge in [-0.2, -0.15) is 0 Å². The zero-order valence-corrected chi connectivity index (χ0v) is 13.2. The zero-order chi connectivity index (χ0) is 15.7. The number of anilines is 1. The average molecular weight is 355 g/mol. The summed E-state index contributed by atoms with van der Waals surface area (Å²) in [5.41, 5.74) is 1.10. The van der Waals surface area contributed by atoms with E-state index in [0.29, 0.717) is 11.0 Å². The molecular formula is C13H8Cl2N4O2S. The second-order valence-electron chi connectivity index (χ2n) is 4.27. The topological polar surface area (TPSA) is 84.8 Å². The van der Waals surface area contributed by atoms with Crippen molar-refractivity contribution >= 4 is 50.1 Å². The van der Waals surface area contributed by atoms with E-state index >= 15 is 0 Å². The van der Waals surface area contributed by atoms with E-state index in [0.717, 1.165) is 6.20 Å². The maximum absolute atomic E-state index is 12.3. The third kappa shape index (κ3) is 2.96. The molecule has 0 aliphatic heterocycles. The Bertz CT molecular complexity index is 946. The summed E-state index contributed by atoms with van der Waals surface area (Å²) < 4.78 is 26.9. The maximum atomic E-state index is 12.3. The molecule has 2 heterocycles. The number of sulfonamides is 1. The van der Waals surface area contributed by atoms with Gasteiger partial charge in [0, 0.05) is 6.20 Å². The number of fused-ring (bicyclic) bond motifs is 1. The molecule has 3 aromatic rings. The third-order valence-electron chi connectivity index (χ3n) is 2.77. The number of para-hydroxylation sites is 2. The lowest BCUT2D eigenvalue weighted by Crippen LogP contribution is -2.15. The van der Waals surface area contributed by atoms with Crippen LogP contribution in [-0.4, -0.2) is 23.4 Å². The Hall–Kier alpha value is -1.96. The summed E-state index contributed by atoms with van der Waals surface area (Å²) >= 11 is 11.6. The number of rotatable bonds is 3. The first-order chi connectivity index (χ1) is 10.5. The second kappa shape index (κ2) is 5.68. The SMILES string of the molecule is O=S(=O)(Nc1nc2ccccc2nc1Cl)c1ccc(Cl)nc1. The molecule has 0 fully saturated rings. The first kappa shape index (κ1) is 15.0. The molecule has 0 aliphatic rings. The van der Waals surface area contributed by atoms with Crippen molar-refractivity contribution in [1.29, 1.82) is 0 Å². The predicted octanol–water partition coefficient (Wildman–Crippen LogP) is 3.13. The van der Waals surface area contributed by atoms with Crippen molar-refractivity contribution in [3.63, 3.8) is 0 Å². The van der Waals surface area contributed by atoms with Crippen molar-refractivity contribution in [3.8, 4) is 0 Å². The first-order valence-electron chi connectivity index (χ1n) is 6.02. The molecule has 0 aliphatic carbocycles. The van der Waals surface area contributed by atoms with Gasteiger partial charge in [0.05, 0.1) is 11.0 Å². The monoisotopic (exact) mass is 354 g/mol. The Balaban J connectivity index is 2.01. The van der Waals surface area contributed by atoms with Gasteiger partial charge in [-0.05, 0) is 24.3 Å². The lowest BCUT2D eigenvalue weighted by molar-refractivity contribution is 0.600. The number of pyridine rings is 1. The van der Waals surface area contributed by atoms with Crippen LogP contribution >= 0.6 is 23.2 Å². The van der Waals surface area contributed by atoms with Gasteiger partial charge in [0.1, 0.15) is 10.0 Å². The van der Waals surface area contributed by atoms with E-state index in [-0.39, 0.29) is 21.0 Å². The molecule has 6 nitrogen and oxygen atoms in total. The first-order valence-corrected chi connectivity index (χ1v) is 8.26. The van der Waals surface area contributed by atoms with Crippen LogP contribution in [0.15, 0.2) is 47.5 Å². The molecule has 22 heavy (non-hydrogen) atoms. The minimum Gasteiger partial charge on any atom is -0.261 e. The van der Waals surface area contributed by atoms with Gasteiger partial charge in [-0.1, -0.05) is 35.3 Å². The van der Waals surface area contributed by atoms with E-state index in [1.165, 1.54) is 12.1 Å². The standard InChI is InChI=1S/C13H8Cl2N4O2S/c14-11-6-5-8(7-16-11)22(20,21)19-13-12(15)17-9-3-1-2-4-10(9)18-13/h1-7H,(H,18,19). The van der Waals surface area contributed by atoms with Crippen LogP contribution in [-0.2, 0) is 10.0 Å². The largest absolute Gasteiger partial charge is 0.264 e. The van der Waals surface area contributed by atoms with Crippen LogP contribution in [0.4, 0.5) is 5.82 Å². The number of halogens is 2. The van der Waals surface area contributed by atoms with Crippen LogP contribution in [0.25, 0.3) is 11.0 Å². The average Bonchev–Trinajstić information content (AvgIpc) is 2.48. The summed E-state index contributed by atoms with van der Waals surface area (Å²) in [4.78, 5) is 12.0. The smallest absolute Gasteiger partial charge is 0.261 e. The van der Waals surface area contributed by atoms with E-state index in [9.17, 15) is 8.42 Å². The van der Waals surface area contributed by atoms with Crippen molar-refractivity contribution in [2.24, 2.45) is 0 Å². The van der Waals surface area contributed by atoms with Crippen LogP contribution in [0.2, 0.25) is 10.3 Å². The number of nitrogens with one attached hydrogen (secondary N) is 1. The Morgan fingerprint density at radius 2 is 1.64 bits per heavy atom. The van der Waals surface area contributed by atoms with Crippen LogP contribution in [0, 0.1) is 0 Å². The van der Waals surface area contributed by atoms with Gasteiger partial charge in [0.15, 0.2) is 11.0 Å². The van der Waals surface area contributed by atoms with E-state index in [2.05, 4.69) is 19.7 Å². The van der Waals surface area contributed by atoms with Crippen LogP contribution in [0.3, 0.4) is 0 Å². The van der Waals surface area contributed by atoms with Gasteiger partial charge in [0.25, 0.3) is 10.0 Å². The van der Waals surface area contributed by atoms with Crippen LogP contribution in [0.5, 0.6) is 0 Å². The third-order valence-corrected chi connectivity index (χ3v) is 4.58. The summed E-state index contributed by atoms with van der Waals surface area (Å²) in [6, 6.07) is 9.71. The minimum absolute atomic E-state index is 0.0378. The lowest BCUT2D eigenvalue weighted by Gasteiger charge is -2.09. The molecule has 3 rings (SSSR count). The highest BCUT2D eigenvalue weighted by molar-refractivity contribution is 7.92. The summed E-state index contributed by atoms with van der Waals surface area (Å²) in [5, 5.41) is 0.159. The normalized spacial score (nSPS) is 11.5. The molecular weight excluding hydrogens is 347 g/mol. The van der Waals surface area contributed by atoms with Crippen molar-refractivity contribution in [1.82, 2.24) is 15.0 Å². The van der Waals surface area contributed by atoms with E-state index < -0.39 is 10.0 Å². The van der Waals surface area contributed by atoms with Crippen molar-refractivity contribution < 1.29 is 8.42 Å². The quantitative estimate of drug-likeness (QED) is 0.730. The van der Waals surface area contributed by atoms with Crippen molar-refractivity contribution in [3.05, 3.63) is 52.9 Å². The highest BCUT2D eigenvalue weighted by atomic mass is 35.5. The Labute approximate surface area is 136 Å². The van der Waals surface area contributed by atoms with Gasteiger partial charge in [-0.3, -0.25) is 4.72 Å². The maximum Gasteiger partial charge on any atom is 0.264 e. The Morgan fingerprint density at radius 3 is 2.27 bits per heavy atom. The molecule has 2 aromatic heterocycles. The van der Waals surface area contributed by atoms with E-state index in [4.69, 9.17) is 23.2 Å². The molecule has 0 saturated carbocycles. The Kier molecular flexibility index (Phi) is 3.86. The summed E-state index contributed by atoms with van der Waals surface area (Å²) in [7, 11) is -3.88. The van der Waals surface area contributed by atoms with Gasteiger partial charge in [-0.25, -0.2) is 23.4 Å². The van der Waals surface area contributed by atoms with Gasteiger partial charge in [-0.15, -0.1) is 0 Å². The molecule has 0 spiro atoms. The van der Waals surface area contributed by atoms with Crippen LogP contribution in [0.1, 0.15) is 0 Å². The molecule has 9 heteroatoms. The van der Waals surface area contributed by atoms with Gasteiger partial charge >= 0.3 is 0 Å². The van der Waals surface area contributed by atoms with Crippen LogP contribution < -0.4 is 4.72 Å². The number of hydrogen-bond acceptors (Lipinski definition) is 5. The minimum atomic E-state index is -3.88. The fourth-order valence-corrected chi connectivity index (χ4v) is 3.05. The van der Waals surface area contributed by atoms with E-state index in [1.807, 2.05) is 0 Å². The van der Waals surface area contributed by atoms with Crippen molar-refractivity contribution in [2.45, 2.75) is 4.90 Å². The molecule has 112 valence electrons. The number of hydrogen-bond donors (Lipinski definition) is 1. The Morgan fingerprint density at radius 1 is 0.955 bits per heavy atom. The highest BCUT2D eigenvalue weighted by Gasteiger charge is 2.18. The summed E-state index contributed by atoms with van der Waals surface area (Å²) in [6.07, 6.45) is 1.15. The molecule has 0 bridgehead atoms. The second-order valence-corrected chi connectivity index (χ2v) is 6.70. The highest BCUT2D eigenvalue weighted by Crippen LogP contribution is 2.23. The molecule has 0 radical (unpaired) electrons. The van der Waals surface area contributed by atoms with E-state index in [1.54, 1.807) is 24.3 Å². The molecule has 0 saturated heterocycles. The molecule has 0 atom stereocenters. The molecule has 0 unspecified atom stereocenters. The lowest BCUT2D eigenvalue weighted by atomic mass is 10.3. The molecule has 0 amide bonds. The summed E-state index contributed by atoms with van der Waals surface area (Å²) in [5.74, 6) is -0.0460. The number of aromatic nitrogens is 3. The molecule has 1 aromatic carbocycles. The number of nitrogens with zero attached hydrogens (tertiary/aromatic N) is 3. The van der Waals surface area contributed by atoms with Crippen molar-refractivity contribution in [2.75, 3.05) is 4.72 Å².